The molecule has 1 saturated carbocycles. The van der Waals surface area contributed by atoms with E-state index in [0.717, 1.165) is 83.3 Å². The first-order valence-electron chi connectivity index (χ1n) is 12.8. The smallest absolute Gasteiger partial charge is 0.150 e. The number of fused-ring (bicyclic) bond motifs is 1. The van der Waals surface area contributed by atoms with Gasteiger partial charge in [0.1, 0.15) is 18.2 Å². The topological polar surface area (TPSA) is 79.7 Å². The van der Waals surface area contributed by atoms with Crippen LogP contribution in [0.5, 0.6) is 5.75 Å². The number of pyridine rings is 1. The molecule has 7 rings (SSSR count). The maximum absolute atomic E-state index is 6.53. The number of rotatable bonds is 7. The van der Waals surface area contributed by atoms with Gasteiger partial charge in [-0.2, -0.15) is 5.10 Å². The van der Waals surface area contributed by atoms with Crippen LogP contribution in [-0.4, -0.2) is 94.1 Å². The number of nitrogens with zero attached hydrogens (tertiary/aromatic N) is 7. The lowest BCUT2D eigenvalue weighted by Crippen LogP contribution is -2.68. The van der Waals surface area contributed by atoms with Crippen LogP contribution in [0.4, 0.5) is 5.82 Å². The van der Waals surface area contributed by atoms with E-state index in [1.54, 1.807) is 6.20 Å². The van der Waals surface area contributed by atoms with E-state index in [0.29, 0.717) is 11.5 Å². The van der Waals surface area contributed by atoms with Crippen molar-refractivity contribution in [1.29, 1.82) is 0 Å². The number of likely N-dealkylation sites (tertiary alicyclic amines) is 1. The highest BCUT2D eigenvalue weighted by Gasteiger charge is 2.54. The average Bonchev–Trinajstić information content (AvgIpc) is 2.75. The maximum atomic E-state index is 6.53. The molecule has 3 saturated heterocycles. The van der Waals surface area contributed by atoms with Crippen molar-refractivity contribution in [1.82, 2.24) is 30.0 Å². The summed E-state index contributed by atoms with van der Waals surface area (Å²) >= 11 is 0. The Labute approximate surface area is 200 Å². The van der Waals surface area contributed by atoms with Gasteiger partial charge in [-0.3, -0.25) is 14.8 Å². The molecule has 0 aromatic carbocycles. The minimum Gasteiger partial charge on any atom is -0.490 e. The summed E-state index contributed by atoms with van der Waals surface area (Å²) in [6.45, 7) is 9.67. The first-order valence-corrected chi connectivity index (χ1v) is 12.8. The van der Waals surface area contributed by atoms with Gasteiger partial charge in [-0.05, 0) is 38.4 Å². The lowest BCUT2D eigenvalue weighted by molar-refractivity contribution is -0.221. The molecule has 9 heteroatoms. The molecule has 2 aromatic heterocycles. The maximum Gasteiger partial charge on any atom is 0.150 e. The minimum absolute atomic E-state index is 0.243. The van der Waals surface area contributed by atoms with Crippen molar-refractivity contribution in [3.05, 3.63) is 36.0 Å². The molecule has 2 aromatic rings. The third-order valence-corrected chi connectivity index (χ3v) is 8.56. The monoisotopic (exact) mass is 463 g/mol. The van der Waals surface area contributed by atoms with Crippen molar-refractivity contribution in [2.24, 2.45) is 5.41 Å². The molecular formula is C25H33N7O2. The highest BCUT2D eigenvalue weighted by atomic mass is 16.5. The summed E-state index contributed by atoms with van der Waals surface area (Å²) in [5.74, 6) is 1.98. The predicted molar refractivity (Wildman–Crippen MR) is 126 cm³/mol. The Bertz CT molecular complexity index is 1020. The summed E-state index contributed by atoms with van der Waals surface area (Å²) in [5.41, 5.74) is 3.16. The van der Waals surface area contributed by atoms with E-state index in [2.05, 4.69) is 40.9 Å². The Kier molecular flexibility index (Phi) is 5.00. The van der Waals surface area contributed by atoms with E-state index in [1.807, 2.05) is 6.20 Å². The van der Waals surface area contributed by atoms with Gasteiger partial charge in [0.2, 0.25) is 0 Å². The van der Waals surface area contributed by atoms with E-state index in [4.69, 9.17) is 9.47 Å². The van der Waals surface area contributed by atoms with E-state index >= 15 is 0 Å². The van der Waals surface area contributed by atoms with E-state index in [1.165, 1.54) is 37.0 Å². The first-order chi connectivity index (χ1) is 16.7. The van der Waals surface area contributed by atoms with Gasteiger partial charge < -0.3 is 14.4 Å². The number of hydrogen-bond donors (Lipinski definition) is 0. The second kappa shape index (κ2) is 8.10. The van der Waals surface area contributed by atoms with Crippen LogP contribution in [0.1, 0.15) is 36.9 Å². The molecule has 6 heterocycles. The fourth-order valence-electron chi connectivity index (χ4n) is 6.60. The summed E-state index contributed by atoms with van der Waals surface area (Å²) in [7, 11) is 0. The zero-order valence-corrected chi connectivity index (χ0v) is 19.7. The molecule has 1 aliphatic carbocycles. The van der Waals surface area contributed by atoms with Gasteiger partial charge in [-0.1, -0.05) is 0 Å². The van der Waals surface area contributed by atoms with Gasteiger partial charge in [-0.15, -0.1) is 5.10 Å². The summed E-state index contributed by atoms with van der Waals surface area (Å²) in [5, 5.41) is 7.72. The predicted octanol–water partition coefficient (Wildman–Crippen LogP) is 1.54. The Balaban J connectivity index is 0.897. The average molecular weight is 464 g/mol. The standard InChI is InChI=1S/C25H33N7O2/c1(7-31-16-25(17-31)4-9-33-25)6-30-8-3-21-20(13-30)22(2-5-26-21)34-19-10-24(11-19)14-32(15-24)23-12-28-29-18-27-23/h2,5,12,18-19H,1,3-4,6-11,13-17H2. The molecule has 0 N–H and O–H groups in total. The quantitative estimate of drug-likeness (QED) is 0.607. The molecule has 0 bridgehead atoms. The molecule has 0 radical (unpaired) electrons. The molecule has 180 valence electrons. The normalized spacial score (nSPS) is 25.2. The summed E-state index contributed by atoms with van der Waals surface area (Å²) < 4.78 is 12.3. The van der Waals surface area contributed by atoms with Crippen LogP contribution in [0.3, 0.4) is 0 Å². The van der Waals surface area contributed by atoms with E-state index in [9.17, 15) is 0 Å². The molecule has 9 nitrogen and oxygen atoms in total. The largest absolute Gasteiger partial charge is 0.490 e. The van der Waals surface area contributed by atoms with Crippen LogP contribution >= 0.6 is 0 Å². The van der Waals surface area contributed by atoms with Gasteiger partial charge >= 0.3 is 0 Å². The Hall–Kier alpha value is -2.36. The van der Waals surface area contributed by atoms with Crippen LogP contribution in [0.25, 0.3) is 0 Å². The van der Waals surface area contributed by atoms with Crippen molar-refractivity contribution in [3.8, 4) is 5.75 Å². The van der Waals surface area contributed by atoms with Crippen LogP contribution in [0, 0.1) is 5.41 Å². The molecule has 0 atom stereocenters. The molecule has 4 fully saturated rings. The van der Waals surface area contributed by atoms with Gasteiger partial charge in [-0.25, -0.2) is 4.98 Å². The molecule has 4 aliphatic heterocycles. The van der Waals surface area contributed by atoms with Crippen LogP contribution in [-0.2, 0) is 17.7 Å². The molecule has 0 unspecified atom stereocenters. The molecular weight excluding hydrogens is 430 g/mol. The van der Waals surface area contributed by atoms with Gasteiger partial charge in [0, 0.05) is 75.0 Å². The minimum atomic E-state index is 0.243. The molecule has 2 spiro atoms. The highest BCUT2D eigenvalue weighted by Crippen LogP contribution is 2.50. The second-order valence-corrected chi connectivity index (χ2v) is 11.1. The second-order valence-electron chi connectivity index (χ2n) is 11.1. The summed E-state index contributed by atoms with van der Waals surface area (Å²) in [6, 6.07) is 2.07. The van der Waals surface area contributed by atoms with Gasteiger partial charge in [0.15, 0.2) is 5.82 Å². The molecule has 0 amide bonds. The zero-order chi connectivity index (χ0) is 22.6. The molecule has 34 heavy (non-hydrogen) atoms. The van der Waals surface area contributed by atoms with Crippen LogP contribution in [0.2, 0.25) is 0 Å². The number of hydrogen-bond acceptors (Lipinski definition) is 9. The third kappa shape index (κ3) is 3.74. The Morgan fingerprint density at radius 2 is 1.91 bits per heavy atom. The Morgan fingerprint density at radius 3 is 2.68 bits per heavy atom. The number of ether oxygens (including phenoxy) is 2. The lowest BCUT2D eigenvalue weighted by atomic mass is 9.62. The SMILES string of the molecule is c1nncc(N2CC3(CC(Oc4ccnc5c4CN(CCCN4CC6(CCO6)C4)CC5)C3)C2)n1. The molecule has 5 aliphatic rings. The Morgan fingerprint density at radius 1 is 1.06 bits per heavy atom. The van der Waals surface area contributed by atoms with Crippen molar-refractivity contribution in [2.75, 3.05) is 57.3 Å². The van der Waals surface area contributed by atoms with Crippen LogP contribution in [0.15, 0.2) is 24.8 Å². The number of anilines is 1. The van der Waals surface area contributed by atoms with Gasteiger partial charge in [0.05, 0.1) is 18.4 Å². The lowest BCUT2D eigenvalue weighted by Gasteiger charge is -2.58. The van der Waals surface area contributed by atoms with Crippen molar-refractivity contribution in [3.63, 3.8) is 0 Å². The highest BCUT2D eigenvalue weighted by molar-refractivity contribution is 5.42. The first kappa shape index (κ1) is 21.0. The number of aromatic nitrogens is 4. The van der Waals surface area contributed by atoms with Crippen LogP contribution < -0.4 is 9.64 Å². The fourth-order valence-corrected chi connectivity index (χ4v) is 6.60. The van der Waals surface area contributed by atoms with Gasteiger partial charge in [0.25, 0.3) is 0 Å². The summed E-state index contributed by atoms with van der Waals surface area (Å²) in [4.78, 5) is 16.4. The van der Waals surface area contributed by atoms with Crippen molar-refractivity contribution >= 4 is 5.82 Å². The fraction of sp³-hybridized carbons (Fsp3) is 0.680. The van der Waals surface area contributed by atoms with Crippen molar-refractivity contribution < 1.29 is 9.47 Å². The summed E-state index contributed by atoms with van der Waals surface area (Å²) in [6.07, 6.45) is 11.2. The third-order valence-electron chi connectivity index (χ3n) is 8.56. The van der Waals surface area contributed by atoms with E-state index in [-0.39, 0.29) is 5.60 Å². The van der Waals surface area contributed by atoms with E-state index < -0.39 is 0 Å². The van der Waals surface area contributed by atoms with Crippen molar-refractivity contribution in [2.45, 2.75) is 50.4 Å². The zero-order valence-electron chi connectivity index (χ0n) is 19.7.